The van der Waals surface area contributed by atoms with Gasteiger partial charge >= 0.3 is 0 Å². The first kappa shape index (κ1) is 26.6. The number of nitrogens with zero attached hydrogens (tertiary/aromatic N) is 3. The lowest BCUT2D eigenvalue weighted by atomic mass is 10.1. The highest BCUT2D eigenvalue weighted by Crippen LogP contribution is 2.10. The Balaban J connectivity index is 0.00000363. The molecular weight excluding hydrogens is 515 g/mol. The summed E-state index contributed by atoms with van der Waals surface area (Å²) in [7, 11) is 1.86. The van der Waals surface area contributed by atoms with Crippen molar-refractivity contribution in [3.8, 4) is 0 Å². The van der Waals surface area contributed by atoms with Crippen LogP contribution in [0.1, 0.15) is 23.6 Å². The third-order valence-corrected chi connectivity index (χ3v) is 5.42. The van der Waals surface area contributed by atoms with Gasteiger partial charge in [0.15, 0.2) is 5.96 Å². The lowest BCUT2D eigenvalue weighted by molar-refractivity contribution is 0.0453. The summed E-state index contributed by atoms with van der Waals surface area (Å²) in [5.41, 5.74) is 3.79. The molecule has 2 aromatic carbocycles. The van der Waals surface area contributed by atoms with Crippen LogP contribution in [0.4, 0.5) is 0 Å². The molecule has 0 aromatic heterocycles. The van der Waals surface area contributed by atoms with E-state index in [4.69, 9.17) is 9.47 Å². The number of aliphatic imine (C=N–C) groups is 1. The van der Waals surface area contributed by atoms with E-state index < -0.39 is 0 Å². The predicted octanol–water partition coefficient (Wildman–Crippen LogP) is 3.75. The van der Waals surface area contributed by atoms with Crippen LogP contribution in [0, 0.1) is 0 Å². The molecule has 1 aliphatic heterocycles. The van der Waals surface area contributed by atoms with E-state index in [9.17, 15) is 0 Å². The molecule has 1 saturated heterocycles. The van der Waals surface area contributed by atoms with E-state index in [1.54, 1.807) is 0 Å². The lowest BCUT2D eigenvalue weighted by Crippen LogP contribution is -2.52. The van der Waals surface area contributed by atoms with Crippen molar-refractivity contribution in [3.05, 3.63) is 71.3 Å². The fourth-order valence-electron chi connectivity index (χ4n) is 3.75. The number of halogens is 1. The summed E-state index contributed by atoms with van der Waals surface area (Å²) < 4.78 is 11.0. The smallest absolute Gasteiger partial charge is 0.194 e. The van der Waals surface area contributed by atoms with Gasteiger partial charge in [-0.3, -0.25) is 9.89 Å². The highest BCUT2D eigenvalue weighted by molar-refractivity contribution is 14.0. The Bertz CT molecular complexity index is 796. The van der Waals surface area contributed by atoms with Crippen molar-refractivity contribution < 1.29 is 9.47 Å². The number of piperazine rings is 1. The number of rotatable bonds is 10. The molecule has 3 rings (SSSR count). The van der Waals surface area contributed by atoms with Crippen LogP contribution >= 0.6 is 24.0 Å². The first-order valence-corrected chi connectivity index (χ1v) is 11.2. The second-order valence-electron chi connectivity index (χ2n) is 7.72. The highest BCUT2D eigenvalue weighted by atomic mass is 127. The van der Waals surface area contributed by atoms with Crippen LogP contribution in [-0.4, -0.2) is 68.8 Å². The van der Waals surface area contributed by atoms with Crippen LogP contribution in [0.5, 0.6) is 0 Å². The van der Waals surface area contributed by atoms with E-state index in [2.05, 4.69) is 74.7 Å². The van der Waals surface area contributed by atoms with E-state index >= 15 is 0 Å². The lowest BCUT2D eigenvalue weighted by Gasteiger charge is -2.36. The van der Waals surface area contributed by atoms with Gasteiger partial charge in [0.25, 0.3) is 0 Å². The van der Waals surface area contributed by atoms with Gasteiger partial charge in [-0.15, -0.1) is 24.0 Å². The molecule has 176 valence electrons. The number of hydrogen-bond donors (Lipinski definition) is 1. The van der Waals surface area contributed by atoms with E-state index in [1.807, 2.05) is 14.0 Å². The van der Waals surface area contributed by atoms with Crippen LogP contribution in [0.3, 0.4) is 0 Å². The molecule has 0 unspecified atom stereocenters. The van der Waals surface area contributed by atoms with Gasteiger partial charge in [0.05, 0.1) is 19.8 Å². The van der Waals surface area contributed by atoms with Gasteiger partial charge in [0, 0.05) is 52.9 Å². The molecule has 0 radical (unpaired) electrons. The Kier molecular flexibility index (Phi) is 12.6. The molecule has 0 aliphatic carbocycles. The number of guanidine groups is 1. The number of nitrogens with one attached hydrogen (secondary N) is 1. The maximum Gasteiger partial charge on any atom is 0.194 e. The Hall–Kier alpha value is -1.68. The van der Waals surface area contributed by atoms with Gasteiger partial charge < -0.3 is 19.7 Å². The van der Waals surface area contributed by atoms with Crippen molar-refractivity contribution in [1.29, 1.82) is 0 Å². The molecule has 0 atom stereocenters. The van der Waals surface area contributed by atoms with Gasteiger partial charge in [-0.1, -0.05) is 54.6 Å². The van der Waals surface area contributed by atoms with E-state index in [0.717, 1.165) is 51.8 Å². The molecule has 2 aromatic rings. The molecular formula is C25H37IN4O2. The zero-order valence-corrected chi connectivity index (χ0v) is 21.7. The summed E-state index contributed by atoms with van der Waals surface area (Å²) in [6.45, 7) is 10.4. The van der Waals surface area contributed by atoms with Gasteiger partial charge in [0.2, 0.25) is 0 Å². The third kappa shape index (κ3) is 9.05. The van der Waals surface area contributed by atoms with Gasteiger partial charge in [-0.05, 0) is 23.6 Å². The topological polar surface area (TPSA) is 49.3 Å². The fraction of sp³-hybridized carbons (Fsp3) is 0.480. The predicted molar refractivity (Wildman–Crippen MR) is 141 cm³/mol. The summed E-state index contributed by atoms with van der Waals surface area (Å²) in [5.74, 6) is 0.970. The molecule has 32 heavy (non-hydrogen) atoms. The molecule has 1 heterocycles. The maximum atomic E-state index is 5.69. The Morgan fingerprint density at radius 2 is 1.59 bits per heavy atom. The quantitative estimate of drug-likeness (QED) is 0.211. The molecule has 1 aliphatic rings. The van der Waals surface area contributed by atoms with Crippen LogP contribution in [-0.2, 0) is 29.2 Å². The van der Waals surface area contributed by atoms with Gasteiger partial charge in [-0.25, -0.2) is 0 Å². The van der Waals surface area contributed by atoms with E-state index in [-0.39, 0.29) is 24.0 Å². The van der Waals surface area contributed by atoms with Crippen LogP contribution < -0.4 is 5.32 Å². The second kappa shape index (κ2) is 15.2. The molecule has 1 fully saturated rings. The summed E-state index contributed by atoms with van der Waals surface area (Å²) in [4.78, 5) is 9.37. The zero-order chi connectivity index (χ0) is 21.7. The largest absolute Gasteiger partial charge is 0.379 e. The third-order valence-electron chi connectivity index (χ3n) is 5.42. The summed E-state index contributed by atoms with van der Waals surface area (Å²) >= 11 is 0. The van der Waals surface area contributed by atoms with E-state index in [1.165, 1.54) is 16.7 Å². The van der Waals surface area contributed by atoms with Crippen LogP contribution in [0.2, 0.25) is 0 Å². The van der Waals surface area contributed by atoms with Crippen molar-refractivity contribution in [2.75, 3.05) is 53.0 Å². The zero-order valence-electron chi connectivity index (χ0n) is 19.3. The minimum absolute atomic E-state index is 0. The number of ether oxygens (including phenoxy) is 2. The molecule has 0 spiro atoms. The Morgan fingerprint density at radius 1 is 0.906 bits per heavy atom. The maximum absolute atomic E-state index is 5.69. The molecule has 7 heteroatoms. The van der Waals surface area contributed by atoms with Gasteiger partial charge in [0.1, 0.15) is 0 Å². The Morgan fingerprint density at radius 3 is 2.31 bits per heavy atom. The molecule has 0 bridgehead atoms. The van der Waals surface area contributed by atoms with Crippen LogP contribution in [0.25, 0.3) is 0 Å². The van der Waals surface area contributed by atoms with Crippen molar-refractivity contribution >= 4 is 29.9 Å². The molecule has 0 saturated carbocycles. The molecule has 1 N–H and O–H groups in total. The first-order chi connectivity index (χ1) is 15.3. The average Bonchev–Trinajstić information content (AvgIpc) is 2.81. The normalized spacial score (nSPS) is 14.8. The number of hydrogen-bond acceptors (Lipinski definition) is 4. The molecule has 0 amide bonds. The number of benzene rings is 2. The van der Waals surface area contributed by atoms with Crippen molar-refractivity contribution in [1.82, 2.24) is 15.1 Å². The molecule has 6 nitrogen and oxygen atoms in total. The SMILES string of the molecule is CCOCCOCc1cccc(CNC(=NC)N2CCN(Cc3ccccc3)CC2)c1.I. The monoisotopic (exact) mass is 552 g/mol. The summed E-state index contributed by atoms with van der Waals surface area (Å²) in [5, 5.41) is 3.53. The van der Waals surface area contributed by atoms with Crippen molar-refractivity contribution in [2.24, 2.45) is 4.99 Å². The fourth-order valence-corrected chi connectivity index (χ4v) is 3.75. The minimum atomic E-state index is 0. The minimum Gasteiger partial charge on any atom is -0.379 e. The van der Waals surface area contributed by atoms with E-state index in [0.29, 0.717) is 19.8 Å². The highest BCUT2D eigenvalue weighted by Gasteiger charge is 2.19. The first-order valence-electron chi connectivity index (χ1n) is 11.2. The average molecular weight is 553 g/mol. The van der Waals surface area contributed by atoms with Crippen molar-refractivity contribution in [2.45, 2.75) is 26.6 Å². The summed E-state index contributed by atoms with van der Waals surface area (Å²) in [6.07, 6.45) is 0. The summed E-state index contributed by atoms with van der Waals surface area (Å²) in [6, 6.07) is 19.2. The second-order valence-corrected chi connectivity index (χ2v) is 7.72. The standard InChI is InChI=1S/C25H36N4O2.HI/c1-3-30-16-17-31-21-24-11-7-10-23(18-24)19-27-25(26-2)29-14-12-28(13-15-29)20-22-8-5-4-6-9-22;/h4-11,18H,3,12-17,19-21H2,1-2H3,(H,26,27);1H. The Labute approximate surface area is 210 Å². The van der Waals surface area contributed by atoms with Crippen LogP contribution in [0.15, 0.2) is 59.6 Å². The van der Waals surface area contributed by atoms with Gasteiger partial charge in [-0.2, -0.15) is 0 Å². The van der Waals surface area contributed by atoms with Crippen molar-refractivity contribution in [3.63, 3.8) is 0 Å².